The standard InChI is InChI=1S/C16H21N3O4/c1-2-23-16(22)13-6-4-8-19(11-13)14(20)10-18-15(21)12-5-3-7-17-9-12/h3,5,7,9,13H,2,4,6,8,10-11H2,1H3,(H,18,21). The molecule has 0 bridgehead atoms. The Balaban J connectivity index is 1.83. The van der Waals surface area contributed by atoms with Gasteiger partial charge in [-0.1, -0.05) is 0 Å². The van der Waals surface area contributed by atoms with Gasteiger partial charge in [0.05, 0.1) is 24.6 Å². The number of amides is 2. The summed E-state index contributed by atoms with van der Waals surface area (Å²) in [5, 5.41) is 2.58. The molecule has 1 N–H and O–H groups in total. The number of ether oxygens (including phenoxy) is 1. The van der Waals surface area contributed by atoms with Gasteiger partial charge in [-0.25, -0.2) is 0 Å². The molecule has 2 heterocycles. The van der Waals surface area contributed by atoms with Gasteiger partial charge in [0, 0.05) is 25.5 Å². The van der Waals surface area contributed by atoms with Gasteiger partial charge in [0.15, 0.2) is 0 Å². The molecular weight excluding hydrogens is 298 g/mol. The lowest BCUT2D eigenvalue weighted by atomic mass is 9.98. The molecule has 2 amide bonds. The topological polar surface area (TPSA) is 88.6 Å². The van der Waals surface area contributed by atoms with E-state index in [0.29, 0.717) is 25.3 Å². The number of nitrogens with one attached hydrogen (secondary N) is 1. The van der Waals surface area contributed by atoms with E-state index in [1.165, 1.54) is 6.20 Å². The van der Waals surface area contributed by atoms with E-state index in [1.54, 1.807) is 30.2 Å². The van der Waals surface area contributed by atoms with Crippen molar-refractivity contribution >= 4 is 17.8 Å². The van der Waals surface area contributed by atoms with E-state index in [-0.39, 0.29) is 30.2 Å². The fourth-order valence-electron chi connectivity index (χ4n) is 2.52. The lowest BCUT2D eigenvalue weighted by molar-refractivity contribution is -0.151. The first kappa shape index (κ1) is 16.9. The molecule has 7 heteroatoms. The highest BCUT2D eigenvalue weighted by molar-refractivity contribution is 5.96. The molecule has 23 heavy (non-hydrogen) atoms. The molecule has 0 radical (unpaired) electrons. The fraction of sp³-hybridized carbons (Fsp3) is 0.500. The quantitative estimate of drug-likeness (QED) is 0.804. The first-order chi connectivity index (χ1) is 11.1. The van der Waals surface area contributed by atoms with E-state index in [9.17, 15) is 14.4 Å². The largest absolute Gasteiger partial charge is 0.466 e. The molecule has 0 saturated carbocycles. The smallest absolute Gasteiger partial charge is 0.310 e. The minimum Gasteiger partial charge on any atom is -0.466 e. The van der Waals surface area contributed by atoms with Crippen LogP contribution in [0.15, 0.2) is 24.5 Å². The molecule has 1 saturated heterocycles. The second-order valence-electron chi connectivity index (χ2n) is 5.36. The van der Waals surface area contributed by atoms with E-state index in [2.05, 4.69) is 10.3 Å². The number of rotatable bonds is 5. The predicted octanol–water partition coefficient (Wildman–Crippen LogP) is 0.613. The Bertz CT molecular complexity index is 562. The normalized spacial score (nSPS) is 17.4. The zero-order valence-electron chi connectivity index (χ0n) is 13.2. The van der Waals surface area contributed by atoms with E-state index in [4.69, 9.17) is 4.74 Å². The van der Waals surface area contributed by atoms with Gasteiger partial charge in [-0.15, -0.1) is 0 Å². The molecular formula is C16H21N3O4. The number of likely N-dealkylation sites (tertiary alicyclic amines) is 1. The molecule has 1 aromatic rings. The summed E-state index contributed by atoms with van der Waals surface area (Å²) in [5.41, 5.74) is 0.406. The van der Waals surface area contributed by atoms with Crippen LogP contribution in [0, 0.1) is 5.92 Å². The van der Waals surface area contributed by atoms with Gasteiger partial charge >= 0.3 is 5.97 Å². The summed E-state index contributed by atoms with van der Waals surface area (Å²) in [6, 6.07) is 3.29. The van der Waals surface area contributed by atoms with Crippen molar-refractivity contribution in [2.45, 2.75) is 19.8 Å². The van der Waals surface area contributed by atoms with Crippen LogP contribution < -0.4 is 5.32 Å². The van der Waals surface area contributed by atoms with Crippen LogP contribution in [0.2, 0.25) is 0 Å². The molecule has 0 aliphatic carbocycles. The number of hydrogen-bond acceptors (Lipinski definition) is 5. The van der Waals surface area contributed by atoms with Crippen molar-refractivity contribution in [3.8, 4) is 0 Å². The van der Waals surface area contributed by atoms with Crippen LogP contribution in [0.25, 0.3) is 0 Å². The number of carbonyl (C=O) groups is 3. The summed E-state index contributed by atoms with van der Waals surface area (Å²) in [4.78, 5) is 41.3. The van der Waals surface area contributed by atoms with E-state index in [0.717, 1.165) is 12.8 Å². The Morgan fingerprint density at radius 2 is 2.26 bits per heavy atom. The Morgan fingerprint density at radius 1 is 1.43 bits per heavy atom. The van der Waals surface area contributed by atoms with Gasteiger partial charge in [-0.3, -0.25) is 19.4 Å². The number of pyridine rings is 1. The summed E-state index contributed by atoms with van der Waals surface area (Å²) < 4.78 is 5.01. The molecule has 124 valence electrons. The maximum Gasteiger partial charge on any atom is 0.310 e. The molecule has 0 spiro atoms. The molecule has 1 aromatic heterocycles. The second kappa shape index (κ2) is 8.26. The van der Waals surface area contributed by atoms with Crippen molar-refractivity contribution in [1.29, 1.82) is 0 Å². The van der Waals surface area contributed by atoms with Crippen LogP contribution >= 0.6 is 0 Å². The highest BCUT2D eigenvalue weighted by Gasteiger charge is 2.29. The average molecular weight is 319 g/mol. The molecule has 1 fully saturated rings. The van der Waals surface area contributed by atoms with E-state index in [1.807, 2.05) is 0 Å². The van der Waals surface area contributed by atoms with E-state index >= 15 is 0 Å². The van der Waals surface area contributed by atoms with Crippen molar-refractivity contribution in [3.63, 3.8) is 0 Å². The second-order valence-corrected chi connectivity index (χ2v) is 5.36. The Morgan fingerprint density at radius 3 is 2.96 bits per heavy atom. The molecule has 1 unspecified atom stereocenters. The third kappa shape index (κ3) is 4.77. The maximum atomic E-state index is 12.2. The van der Waals surface area contributed by atoms with Gasteiger partial charge in [-0.05, 0) is 31.9 Å². The highest BCUT2D eigenvalue weighted by atomic mass is 16.5. The minimum absolute atomic E-state index is 0.0940. The zero-order chi connectivity index (χ0) is 16.7. The van der Waals surface area contributed by atoms with Crippen molar-refractivity contribution in [1.82, 2.24) is 15.2 Å². The number of carbonyl (C=O) groups excluding carboxylic acids is 3. The average Bonchev–Trinajstić information content (AvgIpc) is 2.60. The van der Waals surface area contributed by atoms with Gasteiger partial charge in [0.1, 0.15) is 0 Å². The summed E-state index contributed by atoms with van der Waals surface area (Å²) >= 11 is 0. The number of hydrogen-bond donors (Lipinski definition) is 1. The van der Waals surface area contributed by atoms with Crippen molar-refractivity contribution in [2.24, 2.45) is 5.92 Å². The van der Waals surface area contributed by atoms with Gasteiger partial charge in [-0.2, -0.15) is 0 Å². The molecule has 7 nitrogen and oxygen atoms in total. The lowest BCUT2D eigenvalue weighted by Gasteiger charge is -2.31. The van der Waals surface area contributed by atoms with Gasteiger partial charge in [0.2, 0.25) is 5.91 Å². The van der Waals surface area contributed by atoms with E-state index < -0.39 is 0 Å². The minimum atomic E-state index is -0.342. The maximum absolute atomic E-state index is 12.2. The van der Waals surface area contributed by atoms with Crippen molar-refractivity contribution in [2.75, 3.05) is 26.2 Å². The van der Waals surface area contributed by atoms with Crippen LogP contribution in [0.4, 0.5) is 0 Å². The first-order valence-corrected chi connectivity index (χ1v) is 7.74. The van der Waals surface area contributed by atoms with Crippen LogP contribution in [0.5, 0.6) is 0 Å². The third-order valence-electron chi connectivity index (χ3n) is 3.72. The van der Waals surface area contributed by atoms with Crippen LogP contribution in [0.3, 0.4) is 0 Å². The molecule has 0 aromatic carbocycles. The number of piperidine rings is 1. The van der Waals surface area contributed by atoms with Crippen LogP contribution in [0.1, 0.15) is 30.1 Å². The molecule has 1 aliphatic rings. The number of aromatic nitrogens is 1. The zero-order valence-corrected chi connectivity index (χ0v) is 13.2. The number of nitrogens with zero attached hydrogens (tertiary/aromatic N) is 2. The molecule has 1 atom stereocenters. The van der Waals surface area contributed by atoms with Crippen LogP contribution in [-0.4, -0.2) is 53.9 Å². The predicted molar refractivity (Wildman–Crippen MR) is 82.5 cm³/mol. The molecule has 2 rings (SSSR count). The van der Waals surface area contributed by atoms with Crippen molar-refractivity contribution in [3.05, 3.63) is 30.1 Å². The Kier molecular flexibility index (Phi) is 6.08. The lowest BCUT2D eigenvalue weighted by Crippen LogP contribution is -2.46. The summed E-state index contributed by atoms with van der Waals surface area (Å²) in [5.74, 6) is -1.08. The Labute approximate surface area is 135 Å². The third-order valence-corrected chi connectivity index (χ3v) is 3.72. The van der Waals surface area contributed by atoms with Crippen LogP contribution in [-0.2, 0) is 14.3 Å². The molecule has 1 aliphatic heterocycles. The Hall–Kier alpha value is -2.44. The van der Waals surface area contributed by atoms with Gasteiger partial charge in [0.25, 0.3) is 5.91 Å². The number of esters is 1. The van der Waals surface area contributed by atoms with Crippen molar-refractivity contribution < 1.29 is 19.1 Å². The van der Waals surface area contributed by atoms with Gasteiger partial charge < -0.3 is 15.0 Å². The highest BCUT2D eigenvalue weighted by Crippen LogP contribution is 2.17. The first-order valence-electron chi connectivity index (χ1n) is 7.74. The SMILES string of the molecule is CCOC(=O)C1CCCN(C(=O)CNC(=O)c2cccnc2)C1. The summed E-state index contributed by atoms with van der Waals surface area (Å²) in [6.45, 7) is 2.95. The fourth-order valence-corrected chi connectivity index (χ4v) is 2.52. The summed E-state index contributed by atoms with van der Waals surface area (Å²) in [7, 11) is 0. The summed E-state index contributed by atoms with van der Waals surface area (Å²) in [6.07, 6.45) is 4.50. The monoisotopic (exact) mass is 319 g/mol.